The predicted molar refractivity (Wildman–Crippen MR) is 55.9 cm³/mol. The lowest BCUT2D eigenvalue weighted by Gasteiger charge is -1.98. The average Bonchev–Trinajstić information content (AvgIpc) is 2.45. The third kappa shape index (κ3) is 4.14. The first-order chi connectivity index (χ1) is 6.18. The van der Waals surface area contributed by atoms with Crippen molar-refractivity contribution in [1.82, 2.24) is 10.3 Å². The lowest BCUT2D eigenvalue weighted by molar-refractivity contribution is -0.118. The van der Waals surface area contributed by atoms with Gasteiger partial charge in [0.15, 0.2) is 5.13 Å². The van der Waals surface area contributed by atoms with Gasteiger partial charge >= 0.3 is 0 Å². The number of hydrogen-bond acceptors (Lipinski definition) is 5. The quantitative estimate of drug-likeness (QED) is 0.582. The third-order valence-electron chi connectivity index (χ3n) is 1.22. The Hall–Kier alpha value is -0.750. The minimum atomic E-state index is 0.00409. The summed E-state index contributed by atoms with van der Waals surface area (Å²) in [6.07, 6.45) is 1.75. The number of nitrogens with one attached hydrogen (secondary N) is 1. The van der Waals surface area contributed by atoms with Crippen molar-refractivity contribution in [3.63, 3.8) is 0 Å². The van der Waals surface area contributed by atoms with Gasteiger partial charge in [0.2, 0.25) is 5.91 Å². The molecule has 6 heteroatoms. The number of carbonyl (C=O) groups is 1. The number of anilines is 1. The van der Waals surface area contributed by atoms with Gasteiger partial charge in [0.05, 0.1) is 10.4 Å². The van der Waals surface area contributed by atoms with Crippen LogP contribution in [0.1, 0.15) is 6.92 Å². The zero-order valence-corrected chi connectivity index (χ0v) is 8.87. The molecule has 72 valence electrons. The number of carbonyl (C=O) groups excluding carboxylic acids is 1. The van der Waals surface area contributed by atoms with Gasteiger partial charge in [-0.25, -0.2) is 4.98 Å². The summed E-state index contributed by atoms with van der Waals surface area (Å²) in [7, 11) is 0. The van der Waals surface area contributed by atoms with Crippen LogP contribution in [-0.2, 0) is 4.79 Å². The molecule has 3 N–H and O–H groups in total. The summed E-state index contributed by atoms with van der Waals surface area (Å²) in [4.78, 5) is 14.4. The van der Waals surface area contributed by atoms with Crippen molar-refractivity contribution in [3.8, 4) is 0 Å². The second kappa shape index (κ2) is 5.08. The summed E-state index contributed by atoms with van der Waals surface area (Å²) in [6.45, 7) is 2.19. The first kappa shape index (κ1) is 10.3. The number of aromatic nitrogens is 1. The number of rotatable bonds is 4. The molecule has 0 unspecified atom stereocenters. The normalized spacial score (nSPS) is 9.92. The van der Waals surface area contributed by atoms with Gasteiger partial charge in [-0.2, -0.15) is 0 Å². The van der Waals surface area contributed by atoms with Crippen LogP contribution in [0.4, 0.5) is 5.13 Å². The van der Waals surface area contributed by atoms with Crippen LogP contribution < -0.4 is 11.1 Å². The Balaban J connectivity index is 2.16. The molecule has 0 spiro atoms. The minimum absolute atomic E-state index is 0.00409. The first-order valence-corrected chi connectivity index (χ1v) is 5.57. The van der Waals surface area contributed by atoms with E-state index in [-0.39, 0.29) is 5.91 Å². The molecule has 1 aromatic rings. The fraction of sp³-hybridized carbons (Fsp3) is 0.429. The Morgan fingerprint density at radius 2 is 2.62 bits per heavy atom. The van der Waals surface area contributed by atoms with Crippen LogP contribution in [-0.4, -0.2) is 23.2 Å². The Morgan fingerprint density at radius 1 is 1.85 bits per heavy atom. The molecule has 1 heterocycles. The molecule has 1 amide bonds. The van der Waals surface area contributed by atoms with E-state index >= 15 is 0 Å². The topological polar surface area (TPSA) is 68.0 Å². The standard InChI is InChI=1S/C7H11N3OS2/c1-5(11)9-2-3-12-6-4-10-7(8)13-6/h4H,2-3H2,1H3,(H2,8,10)(H,9,11). The van der Waals surface area contributed by atoms with Crippen LogP contribution >= 0.6 is 23.1 Å². The Labute approximate surface area is 84.9 Å². The molecule has 0 aliphatic rings. The molecule has 0 aliphatic carbocycles. The van der Waals surface area contributed by atoms with Gasteiger partial charge in [-0.1, -0.05) is 11.3 Å². The maximum Gasteiger partial charge on any atom is 0.216 e. The molecular formula is C7H11N3OS2. The summed E-state index contributed by atoms with van der Waals surface area (Å²) < 4.78 is 1.09. The molecule has 1 aromatic heterocycles. The molecule has 4 nitrogen and oxygen atoms in total. The van der Waals surface area contributed by atoms with Crippen LogP contribution in [0.15, 0.2) is 10.4 Å². The summed E-state index contributed by atoms with van der Waals surface area (Å²) >= 11 is 3.11. The van der Waals surface area contributed by atoms with Gasteiger partial charge < -0.3 is 11.1 Å². The number of nitrogens with zero attached hydrogens (tertiary/aromatic N) is 1. The van der Waals surface area contributed by atoms with Crippen molar-refractivity contribution in [3.05, 3.63) is 6.20 Å². The highest BCUT2D eigenvalue weighted by Gasteiger charge is 1.98. The van der Waals surface area contributed by atoms with Gasteiger partial charge in [0.25, 0.3) is 0 Å². The molecule has 0 saturated heterocycles. The molecule has 0 fully saturated rings. The number of hydrogen-bond donors (Lipinski definition) is 2. The minimum Gasteiger partial charge on any atom is -0.375 e. The maximum absolute atomic E-state index is 10.5. The predicted octanol–water partition coefficient (Wildman–Crippen LogP) is 0.954. The Bertz CT molecular complexity index is 287. The van der Waals surface area contributed by atoms with E-state index < -0.39 is 0 Å². The van der Waals surface area contributed by atoms with E-state index in [1.165, 1.54) is 18.3 Å². The van der Waals surface area contributed by atoms with E-state index in [0.717, 1.165) is 9.96 Å². The second-order valence-electron chi connectivity index (χ2n) is 2.35. The van der Waals surface area contributed by atoms with Crippen LogP contribution in [0.2, 0.25) is 0 Å². The summed E-state index contributed by atoms with van der Waals surface area (Å²) in [6, 6.07) is 0. The van der Waals surface area contributed by atoms with Crippen LogP contribution in [0.5, 0.6) is 0 Å². The molecular weight excluding hydrogens is 206 g/mol. The highest BCUT2D eigenvalue weighted by molar-refractivity contribution is 8.01. The maximum atomic E-state index is 10.5. The molecule has 0 aliphatic heterocycles. The third-order valence-corrected chi connectivity index (χ3v) is 3.25. The molecule has 1 rings (SSSR count). The smallest absolute Gasteiger partial charge is 0.216 e. The lowest BCUT2D eigenvalue weighted by atomic mass is 10.6. The van der Waals surface area contributed by atoms with Crippen LogP contribution in [0.3, 0.4) is 0 Å². The van der Waals surface area contributed by atoms with Crippen molar-refractivity contribution in [2.45, 2.75) is 11.1 Å². The SMILES string of the molecule is CC(=O)NCCSc1cnc(N)s1. The van der Waals surface area contributed by atoms with Gasteiger partial charge in [-0.3, -0.25) is 4.79 Å². The second-order valence-corrected chi connectivity index (χ2v) is 4.81. The van der Waals surface area contributed by atoms with Crippen molar-refractivity contribution in [1.29, 1.82) is 0 Å². The largest absolute Gasteiger partial charge is 0.375 e. The fourth-order valence-electron chi connectivity index (χ4n) is 0.718. The number of thiazole rings is 1. The summed E-state index contributed by atoms with van der Waals surface area (Å²) in [5.74, 6) is 0.853. The van der Waals surface area contributed by atoms with E-state index in [0.29, 0.717) is 11.7 Å². The van der Waals surface area contributed by atoms with Gasteiger partial charge in [-0.15, -0.1) is 11.8 Å². The van der Waals surface area contributed by atoms with Crippen molar-refractivity contribution in [2.75, 3.05) is 18.0 Å². The molecule has 0 aromatic carbocycles. The highest BCUT2D eigenvalue weighted by Crippen LogP contribution is 2.25. The molecule has 13 heavy (non-hydrogen) atoms. The highest BCUT2D eigenvalue weighted by atomic mass is 32.2. The van der Waals surface area contributed by atoms with E-state index in [2.05, 4.69) is 10.3 Å². The van der Waals surface area contributed by atoms with E-state index in [1.807, 2.05) is 0 Å². The summed E-state index contributed by atoms with van der Waals surface area (Å²) in [5.41, 5.74) is 5.46. The van der Waals surface area contributed by atoms with Gasteiger partial charge in [0, 0.05) is 19.2 Å². The number of nitrogen functional groups attached to an aromatic ring is 1. The van der Waals surface area contributed by atoms with Crippen LogP contribution in [0.25, 0.3) is 0 Å². The van der Waals surface area contributed by atoms with E-state index in [4.69, 9.17) is 5.73 Å². The number of thioether (sulfide) groups is 1. The van der Waals surface area contributed by atoms with E-state index in [1.54, 1.807) is 18.0 Å². The first-order valence-electron chi connectivity index (χ1n) is 3.77. The Morgan fingerprint density at radius 3 is 3.15 bits per heavy atom. The monoisotopic (exact) mass is 217 g/mol. The molecule has 0 atom stereocenters. The average molecular weight is 217 g/mol. The number of amides is 1. The fourth-order valence-corrected chi connectivity index (χ4v) is 2.41. The van der Waals surface area contributed by atoms with Gasteiger partial charge in [0.1, 0.15) is 0 Å². The molecule has 0 saturated carbocycles. The van der Waals surface area contributed by atoms with E-state index in [9.17, 15) is 4.79 Å². The zero-order chi connectivity index (χ0) is 9.68. The summed E-state index contributed by atoms with van der Waals surface area (Å²) in [5, 5.41) is 3.30. The number of nitrogens with two attached hydrogens (primary N) is 1. The molecule has 0 radical (unpaired) electrons. The Kier molecular flexibility index (Phi) is 4.04. The van der Waals surface area contributed by atoms with Crippen molar-refractivity contribution in [2.24, 2.45) is 0 Å². The van der Waals surface area contributed by atoms with Crippen LogP contribution in [0, 0.1) is 0 Å². The lowest BCUT2D eigenvalue weighted by Crippen LogP contribution is -2.22. The van der Waals surface area contributed by atoms with Crippen molar-refractivity contribution >= 4 is 34.1 Å². The van der Waals surface area contributed by atoms with Crippen molar-refractivity contribution < 1.29 is 4.79 Å². The zero-order valence-electron chi connectivity index (χ0n) is 7.24. The van der Waals surface area contributed by atoms with Gasteiger partial charge in [-0.05, 0) is 0 Å². The molecule has 0 bridgehead atoms.